The Kier molecular flexibility index (Phi) is 4.94. The molecule has 0 saturated heterocycles. The van der Waals surface area contributed by atoms with Gasteiger partial charge in [0.05, 0.1) is 13.2 Å². The molecule has 106 valence electrons. The Morgan fingerprint density at radius 2 is 1.65 bits per heavy atom. The smallest absolute Gasteiger partial charge is 0.229 e. The summed E-state index contributed by atoms with van der Waals surface area (Å²) in [6, 6.07) is 6.54. The van der Waals surface area contributed by atoms with Crippen LogP contribution in [-0.4, -0.2) is 47.4 Å². The summed E-state index contributed by atoms with van der Waals surface area (Å²) in [5.41, 5.74) is 0.646. The molecule has 0 spiro atoms. The molecule has 6 heteroatoms. The molecule has 2 rings (SSSR count). The number of thioether (sulfide) groups is 1. The largest absolute Gasteiger partial charge is 0.486 e. The van der Waals surface area contributed by atoms with Crippen molar-refractivity contribution in [3.63, 3.8) is 0 Å². The molecule has 1 aromatic carbocycles. The second-order valence-corrected chi connectivity index (χ2v) is 5.11. The Balaban J connectivity index is 2.44. The van der Waals surface area contributed by atoms with Crippen molar-refractivity contribution in [3.8, 4) is 0 Å². The van der Waals surface area contributed by atoms with Crippen molar-refractivity contribution in [2.75, 3.05) is 25.6 Å². The number of carbonyl (C=O) groups is 2. The lowest BCUT2D eigenvalue weighted by atomic mass is 9.93. The molecule has 0 aromatic heterocycles. The molecule has 1 aromatic rings. The SMILES string of the molecule is O=C1C(OCCO)=C(SCCO)C(=O)c2ccccc21. The first kappa shape index (κ1) is 14.8. The van der Waals surface area contributed by atoms with Crippen LogP contribution in [0.15, 0.2) is 34.9 Å². The minimum atomic E-state index is -0.367. The minimum Gasteiger partial charge on any atom is -0.486 e. The molecule has 0 fully saturated rings. The summed E-state index contributed by atoms with van der Waals surface area (Å²) < 4.78 is 5.24. The number of hydrogen-bond donors (Lipinski definition) is 2. The second-order valence-electron chi connectivity index (χ2n) is 4.01. The van der Waals surface area contributed by atoms with Gasteiger partial charge in [-0.05, 0) is 0 Å². The normalized spacial score (nSPS) is 14.5. The molecule has 0 heterocycles. The summed E-state index contributed by atoms with van der Waals surface area (Å²) in [4.78, 5) is 24.9. The molecule has 5 nitrogen and oxygen atoms in total. The van der Waals surface area contributed by atoms with Crippen molar-refractivity contribution in [2.24, 2.45) is 0 Å². The van der Waals surface area contributed by atoms with E-state index < -0.39 is 0 Å². The van der Waals surface area contributed by atoms with Crippen molar-refractivity contribution >= 4 is 23.3 Å². The molecular formula is C14H14O5S. The number of hydrogen-bond acceptors (Lipinski definition) is 6. The highest BCUT2D eigenvalue weighted by molar-refractivity contribution is 8.04. The standard InChI is InChI=1S/C14H14O5S/c15-5-7-19-13-11(17)9-3-1-2-4-10(9)12(18)14(13)20-8-6-16/h1-4,15-16H,5-8H2. The van der Waals surface area contributed by atoms with Crippen molar-refractivity contribution < 1.29 is 24.5 Å². The molecule has 0 unspecified atom stereocenters. The van der Waals surface area contributed by atoms with Crippen LogP contribution in [0, 0.1) is 0 Å². The van der Waals surface area contributed by atoms with E-state index in [0.29, 0.717) is 16.9 Å². The lowest BCUT2D eigenvalue weighted by molar-refractivity contribution is 0.0835. The van der Waals surface area contributed by atoms with Gasteiger partial charge in [-0.1, -0.05) is 24.3 Å². The van der Waals surface area contributed by atoms with Gasteiger partial charge in [0, 0.05) is 16.9 Å². The topological polar surface area (TPSA) is 83.8 Å². The number of benzene rings is 1. The average Bonchev–Trinajstić information content (AvgIpc) is 2.48. The fraction of sp³-hybridized carbons (Fsp3) is 0.286. The van der Waals surface area contributed by atoms with Crippen LogP contribution in [0.25, 0.3) is 0 Å². The Hall–Kier alpha value is -1.63. The van der Waals surface area contributed by atoms with E-state index in [4.69, 9.17) is 14.9 Å². The van der Waals surface area contributed by atoms with Crippen LogP contribution >= 0.6 is 11.8 Å². The van der Waals surface area contributed by atoms with Crippen LogP contribution in [-0.2, 0) is 4.74 Å². The fourth-order valence-corrected chi connectivity index (χ4v) is 2.71. The van der Waals surface area contributed by atoms with Gasteiger partial charge in [-0.15, -0.1) is 11.8 Å². The third-order valence-corrected chi connectivity index (χ3v) is 3.76. The van der Waals surface area contributed by atoms with Crippen molar-refractivity contribution in [3.05, 3.63) is 46.1 Å². The van der Waals surface area contributed by atoms with Gasteiger partial charge in [-0.25, -0.2) is 0 Å². The molecule has 1 aliphatic rings. The summed E-state index contributed by atoms with van der Waals surface area (Å²) in [5, 5.41) is 17.7. The zero-order chi connectivity index (χ0) is 14.5. The summed E-state index contributed by atoms with van der Waals surface area (Å²) in [6.45, 7) is -0.408. The molecule has 0 atom stereocenters. The summed E-state index contributed by atoms with van der Waals surface area (Å²) in [5.74, 6) is -0.399. The van der Waals surface area contributed by atoms with Gasteiger partial charge < -0.3 is 14.9 Å². The minimum absolute atomic E-state index is 0.0406. The molecule has 0 aliphatic heterocycles. The molecule has 0 saturated carbocycles. The number of Topliss-reactive ketones (excluding diaryl/α,β-unsaturated/α-hetero) is 2. The predicted molar refractivity (Wildman–Crippen MR) is 74.7 cm³/mol. The van der Waals surface area contributed by atoms with E-state index >= 15 is 0 Å². The molecule has 0 amide bonds. The quantitative estimate of drug-likeness (QED) is 0.814. The number of allylic oxidation sites excluding steroid dienone is 2. The number of aliphatic hydroxyl groups is 2. The van der Waals surface area contributed by atoms with Crippen molar-refractivity contribution in [1.82, 2.24) is 0 Å². The van der Waals surface area contributed by atoms with E-state index in [1.54, 1.807) is 24.3 Å². The van der Waals surface area contributed by atoms with Gasteiger partial charge >= 0.3 is 0 Å². The number of fused-ring (bicyclic) bond motifs is 1. The number of ether oxygens (including phenoxy) is 1. The lowest BCUT2D eigenvalue weighted by Gasteiger charge is -2.20. The van der Waals surface area contributed by atoms with Gasteiger partial charge in [0.25, 0.3) is 0 Å². The zero-order valence-electron chi connectivity index (χ0n) is 10.7. The highest BCUT2D eigenvalue weighted by Gasteiger charge is 2.33. The fourth-order valence-electron chi connectivity index (χ4n) is 1.89. The van der Waals surface area contributed by atoms with Crippen molar-refractivity contribution in [2.45, 2.75) is 0 Å². The predicted octanol–water partition coefficient (Wildman–Crippen LogP) is 1.01. The highest BCUT2D eigenvalue weighted by Crippen LogP contribution is 2.33. The molecule has 20 heavy (non-hydrogen) atoms. The number of rotatable bonds is 6. The number of aliphatic hydroxyl groups excluding tert-OH is 2. The van der Waals surface area contributed by atoms with Gasteiger partial charge in [-0.3, -0.25) is 9.59 Å². The van der Waals surface area contributed by atoms with E-state index in [9.17, 15) is 9.59 Å². The first-order valence-electron chi connectivity index (χ1n) is 6.10. The first-order valence-corrected chi connectivity index (χ1v) is 7.09. The van der Waals surface area contributed by atoms with E-state index in [0.717, 1.165) is 11.8 Å². The lowest BCUT2D eigenvalue weighted by Crippen LogP contribution is -2.23. The molecule has 1 aliphatic carbocycles. The maximum absolute atomic E-state index is 12.4. The number of ketones is 2. The Morgan fingerprint density at radius 1 is 1.00 bits per heavy atom. The molecular weight excluding hydrogens is 280 g/mol. The Labute approximate surface area is 120 Å². The van der Waals surface area contributed by atoms with Crippen LogP contribution in [0.3, 0.4) is 0 Å². The maximum Gasteiger partial charge on any atom is 0.229 e. The third-order valence-electron chi connectivity index (χ3n) is 2.71. The third kappa shape index (κ3) is 2.77. The summed E-state index contributed by atoms with van der Waals surface area (Å²) in [6.07, 6.45) is 0. The Bertz CT molecular complexity index is 515. The summed E-state index contributed by atoms with van der Waals surface area (Å²) >= 11 is 1.08. The monoisotopic (exact) mass is 294 g/mol. The Morgan fingerprint density at radius 3 is 2.25 bits per heavy atom. The maximum atomic E-state index is 12.4. The number of carbonyl (C=O) groups excluding carboxylic acids is 2. The molecule has 0 radical (unpaired) electrons. The van der Waals surface area contributed by atoms with Crippen LogP contribution in [0.2, 0.25) is 0 Å². The zero-order valence-corrected chi connectivity index (χ0v) is 11.5. The van der Waals surface area contributed by atoms with Crippen LogP contribution in [0.4, 0.5) is 0 Å². The first-order chi connectivity index (χ1) is 9.70. The van der Waals surface area contributed by atoms with Gasteiger partial charge in [-0.2, -0.15) is 0 Å². The molecule has 0 bridgehead atoms. The van der Waals surface area contributed by atoms with Crippen LogP contribution < -0.4 is 0 Å². The van der Waals surface area contributed by atoms with E-state index in [2.05, 4.69) is 0 Å². The van der Waals surface area contributed by atoms with Crippen molar-refractivity contribution in [1.29, 1.82) is 0 Å². The summed E-state index contributed by atoms with van der Waals surface area (Å²) in [7, 11) is 0. The highest BCUT2D eigenvalue weighted by atomic mass is 32.2. The van der Waals surface area contributed by atoms with E-state index in [1.165, 1.54) is 0 Å². The van der Waals surface area contributed by atoms with Crippen LogP contribution in [0.1, 0.15) is 20.7 Å². The second kappa shape index (κ2) is 6.69. The van der Waals surface area contributed by atoms with E-state index in [1.807, 2.05) is 0 Å². The van der Waals surface area contributed by atoms with E-state index in [-0.39, 0.29) is 42.1 Å². The van der Waals surface area contributed by atoms with Gasteiger partial charge in [0.2, 0.25) is 11.6 Å². The average molecular weight is 294 g/mol. The van der Waals surface area contributed by atoms with Gasteiger partial charge in [0.1, 0.15) is 11.5 Å². The van der Waals surface area contributed by atoms with Gasteiger partial charge in [0.15, 0.2) is 5.76 Å². The molecule has 2 N–H and O–H groups in total. The van der Waals surface area contributed by atoms with Crippen LogP contribution in [0.5, 0.6) is 0 Å².